The number of benzene rings is 2. The van der Waals surface area contributed by atoms with E-state index in [1.54, 1.807) is 0 Å². The van der Waals surface area contributed by atoms with Crippen molar-refractivity contribution in [1.82, 2.24) is 0 Å². The molecule has 0 aliphatic carbocycles. The maximum absolute atomic E-state index is 12.5. The minimum Gasteiger partial charge on any atom is -0.322 e. The molecule has 0 saturated carbocycles. The average molecular weight is 379 g/mol. The highest BCUT2D eigenvalue weighted by Crippen LogP contribution is 2.26. The normalized spacial score (nSPS) is 11.2. The molecule has 2 rings (SSSR count). The summed E-state index contributed by atoms with van der Waals surface area (Å²) in [5.41, 5.74) is 2.56. The molecule has 0 saturated heterocycles. The van der Waals surface area contributed by atoms with Crippen molar-refractivity contribution in [3.05, 3.63) is 63.2 Å². The van der Waals surface area contributed by atoms with Gasteiger partial charge in [0.25, 0.3) is 5.91 Å². The van der Waals surface area contributed by atoms with Crippen molar-refractivity contribution in [3.8, 4) is 0 Å². The van der Waals surface area contributed by atoms with E-state index >= 15 is 0 Å². The highest BCUT2D eigenvalue weighted by Gasteiger charge is 2.21. The lowest BCUT2D eigenvalue weighted by molar-refractivity contribution is 0.102. The van der Waals surface area contributed by atoms with Crippen molar-refractivity contribution in [1.29, 1.82) is 0 Å². The van der Waals surface area contributed by atoms with Gasteiger partial charge in [-0.2, -0.15) is 0 Å². The lowest BCUT2D eigenvalue weighted by Gasteiger charge is -2.22. The van der Waals surface area contributed by atoms with Gasteiger partial charge in [-0.1, -0.05) is 45.0 Å². The van der Waals surface area contributed by atoms with E-state index < -0.39 is 0 Å². The molecule has 0 spiro atoms. The van der Waals surface area contributed by atoms with Crippen molar-refractivity contribution in [3.63, 3.8) is 0 Å². The van der Waals surface area contributed by atoms with E-state index in [1.165, 1.54) is 0 Å². The maximum Gasteiger partial charge on any atom is 0.255 e. The molecule has 1 amide bonds. The summed E-state index contributed by atoms with van der Waals surface area (Å²) in [5.74, 6) is -0.0578. The topological polar surface area (TPSA) is 29.1 Å². The van der Waals surface area contributed by atoms with Crippen molar-refractivity contribution >= 4 is 34.2 Å². The second-order valence-corrected chi connectivity index (χ2v) is 7.01. The van der Waals surface area contributed by atoms with E-state index in [4.69, 9.17) is 0 Å². The van der Waals surface area contributed by atoms with Crippen LogP contribution >= 0.6 is 22.6 Å². The molecule has 3 heteroatoms. The Morgan fingerprint density at radius 1 is 1.05 bits per heavy atom. The zero-order chi connectivity index (χ0) is 14.8. The molecule has 1 N–H and O–H groups in total. The molecule has 104 valence electrons. The third-order valence-electron chi connectivity index (χ3n) is 3.06. The lowest BCUT2D eigenvalue weighted by Crippen LogP contribution is -2.20. The standard InChI is InChI=1S/C17H18INO/c1-17(2,3)15-10-5-4-9-14(15)16(20)19-13-8-6-7-12(18)11-13/h4-11H,1-3H3,(H,19,20). The third kappa shape index (κ3) is 3.60. The summed E-state index contributed by atoms with van der Waals surface area (Å²) in [6.07, 6.45) is 0. The highest BCUT2D eigenvalue weighted by atomic mass is 127. The average Bonchev–Trinajstić information content (AvgIpc) is 2.37. The van der Waals surface area contributed by atoms with Gasteiger partial charge >= 0.3 is 0 Å². The predicted octanol–water partition coefficient (Wildman–Crippen LogP) is 4.84. The van der Waals surface area contributed by atoms with E-state index in [9.17, 15) is 4.79 Å². The second-order valence-electron chi connectivity index (χ2n) is 5.76. The SMILES string of the molecule is CC(C)(C)c1ccccc1C(=O)Nc1cccc(I)c1. The lowest BCUT2D eigenvalue weighted by atomic mass is 9.83. The number of nitrogens with one attached hydrogen (secondary N) is 1. The first-order valence-corrected chi connectivity index (χ1v) is 7.62. The molecule has 0 fully saturated rings. The van der Waals surface area contributed by atoms with Crippen LogP contribution in [0.2, 0.25) is 0 Å². The van der Waals surface area contributed by atoms with Crippen molar-refractivity contribution in [2.24, 2.45) is 0 Å². The Morgan fingerprint density at radius 3 is 2.40 bits per heavy atom. The minimum atomic E-state index is -0.0578. The van der Waals surface area contributed by atoms with Crippen LogP contribution in [-0.4, -0.2) is 5.91 Å². The number of halogens is 1. The number of hydrogen-bond donors (Lipinski definition) is 1. The van der Waals surface area contributed by atoms with Crippen molar-refractivity contribution in [2.45, 2.75) is 26.2 Å². The van der Waals surface area contributed by atoms with Crippen molar-refractivity contribution < 1.29 is 4.79 Å². The van der Waals surface area contributed by atoms with Gasteiger partial charge in [0.05, 0.1) is 0 Å². The van der Waals surface area contributed by atoms with Crippen molar-refractivity contribution in [2.75, 3.05) is 5.32 Å². The molecule has 2 aromatic rings. The van der Waals surface area contributed by atoms with Crippen LogP contribution < -0.4 is 5.32 Å². The molecule has 0 bridgehead atoms. The van der Waals surface area contributed by atoms with E-state index in [-0.39, 0.29) is 11.3 Å². The molecule has 0 aromatic heterocycles. The first kappa shape index (κ1) is 15.0. The summed E-state index contributed by atoms with van der Waals surface area (Å²) in [7, 11) is 0. The highest BCUT2D eigenvalue weighted by molar-refractivity contribution is 14.1. The van der Waals surface area contributed by atoms with Gasteiger partial charge in [0.15, 0.2) is 0 Å². The first-order valence-electron chi connectivity index (χ1n) is 6.54. The molecule has 20 heavy (non-hydrogen) atoms. The molecule has 0 aliphatic rings. The zero-order valence-electron chi connectivity index (χ0n) is 11.9. The summed E-state index contributed by atoms with van der Waals surface area (Å²) >= 11 is 2.24. The molecule has 0 atom stereocenters. The van der Waals surface area contributed by atoms with Crippen LogP contribution in [0.1, 0.15) is 36.7 Å². The Labute approximate surface area is 133 Å². The molecule has 0 unspecified atom stereocenters. The largest absolute Gasteiger partial charge is 0.322 e. The quantitative estimate of drug-likeness (QED) is 0.744. The van der Waals surface area contributed by atoms with Crippen LogP contribution in [-0.2, 0) is 5.41 Å². The molecule has 2 aromatic carbocycles. The van der Waals surface area contributed by atoms with Gasteiger partial charge in [-0.25, -0.2) is 0 Å². The van der Waals surface area contributed by atoms with E-state index in [0.29, 0.717) is 0 Å². The summed E-state index contributed by atoms with van der Waals surface area (Å²) in [6.45, 7) is 6.35. The molecular weight excluding hydrogens is 361 g/mol. The Bertz CT molecular complexity index is 629. The molecular formula is C17H18INO. The summed E-state index contributed by atoms with van der Waals surface area (Å²) in [4.78, 5) is 12.5. The van der Waals surface area contributed by atoms with Crippen LogP contribution in [0, 0.1) is 3.57 Å². The Hall–Kier alpha value is -1.36. The van der Waals surface area contributed by atoms with Crippen LogP contribution in [0.25, 0.3) is 0 Å². The van der Waals surface area contributed by atoms with Crippen LogP contribution in [0.15, 0.2) is 48.5 Å². The van der Waals surface area contributed by atoms with E-state index in [1.807, 2.05) is 48.5 Å². The monoisotopic (exact) mass is 379 g/mol. The zero-order valence-corrected chi connectivity index (χ0v) is 14.1. The molecule has 0 radical (unpaired) electrons. The smallest absolute Gasteiger partial charge is 0.255 e. The van der Waals surface area contributed by atoms with Gasteiger partial charge < -0.3 is 5.32 Å². The summed E-state index contributed by atoms with van der Waals surface area (Å²) < 4.78 is 1.10. The Morgan fingerprint density at radius 2 is 1.75 bits per heavy atom. The number of hydrogen-bond acceptors (Lipinski definition) is 1. The number of carbonyl (C=O) groups is 1. The maximum atomic E-state index is 12.5. The van der Waals surface area contributed by atoms with Gasteiger partial charge in [-0.15, -0.1) is 0 Å². The fourth-order valence-corrected chi connectivity index (χ4v) is 2.64. The fraction of sp³-hybridized carbons (Fsp3) is 0.235. The Kier molecular flexibility index (Phi) is 4.48. The number of amides is 1. The second kappa shape index (κ2) is 5.95. The van der Waals surface area contributed by atoms with E-state index in [0.717, 1.165) is 20.4 Å². The van der Waals surface area contributed by atoms with Gasteiger partial charge in [-0.3, -0.25) is 4.79 Å². The first-order chi connectivity index (χ1) is 9.38. The number of anilines is 1. The predicted molar refractivity (Wildman–Crippen MR) is 92.3 cm³/mol. The van der Waals surface area contributed by atoms with Crippen LogP contribution in [0.4, 0.5) is 5.69 Å². The number of rotatable bonds is 2. The Balaban J connectivity index is 2.31. The van der Waals surface area contributed by atoms with Gasteiger partial charge in [0.1, 0.15) is 0 Å². The molecule has 0 aliphatic heterocycles. The van der Waals surface area contributed by atoms with E-state index in [2.05, 4.69) is 48.7 Å². The van der Waals surface area contributed by atoms with Crippen LogP contribution in [0.5, 0.6) is 0 Å². The van der Waals surface area contributed by atoms with Gasteiger partial charge in [0.2, 0.25) is 0 Å². The minimum absolute atomic E-state index is 0.0565. The van der Waals surface area contributed by atoms with Gasteiger partial charge in [0, 0.05) is 14.8 Å². The van der Waals surface area contributed by atoms with Crippen LogP contribution in [0.3, 0.4) is 0 Å². The molecule has 2 nitrogen and oxygen atoms in total. The summed E-state index contributed by atoms with van der Waals surface area (Å²) in [5, 5.41) is 2.97. The summed E-state index contributed by atoms with van der Waals surface area (Å²) in [6, 6.07) is 15.6. The molecule has 0 heterocycles. The fourth-order valence-electron chi connectivity index (χ4n) is 2.10. The third-order valence-corrected chi connectivity index (χ3v) is 3.73. The van der Waals surface area contributed by atoms with Gasteiger partial charge in [-0.05, 0) is 57.8 Å². The number of carbonyl (C=O) groups excluding carboxylic acids is 1.